The molecule has 0 aliphatic carbocycles. The van der Waals surface area contributed by atoms with Crippen LogP contribution in [-0.2, 0) is 4.79 Å². The van der Waals surface area contributed by atoms with E-state index in [2.05, 4.69) is 10.3 Å². The summed E-state index contributed by atoms with van der Waals surface area (Å²) < 4.78 is 0. The average molecular weight is 246 g/mol. The Hall–Kier alpha value is -2.12. The van der Waals surface area contributed by atoms with Crippen molar-refractivity contribution < 1.29 is 4.79 Å². The number of pyridine rings is 1. The topological polar surface area (TPSA) is 65.8 Å². The van der Waals surface area contributed by atoms with Gasteiger partial charge in [0.25, 0.3) is 0 Å². The Kier molecular flexibility index (Phi) is 3.22. The van der Waals surface area contributed by atoms with Gasteiger partial charge in [-0.3, -0.25) is 9.78 Å². The molecule has 4 nitrogen and oxygen atoms in total. The van der Waals surface area contributed by atoms with E-state index in [4.69, 9.17) is 16.9 Å². The zero-order valence-corrected chi connectivity index (χ0v) is 9.53. The van der Waals surface area contributed by atoms with Crippen molar-refractivity contribution in [1.29, 1.82) is 5.26 Å². The zero-order chi connectivity index (χ0) is 12.3. The molecule has 0 aliphatic rings. The van der Waals surface area contributed by atoms with Gasteiger partial charge in [-0.1, -0.05) is 17.7 Å². The molecule has 1 amide bonds. The van der Waals surface area contributed by atoms with Crippen LogP contribution in [0, 0.1) is 11.3 Å². The molecular formula is C12H8ClN3O. The van der Waals surface area contributed by atoms with Gasteiger partial charge in [-0.05, 0) is 18.2 Å². The van der Waals surface area contributed by atoms with Crippen molar-refractivity contribution in [3.8, 4) is 6.07 Å². The van der Waals surface area contributed by atoms with Gasteiger partial charge in [-0.15, -0.1) is 0 Å². The van der Waals surface area contributed by atoms with Crippen molar-refractivity contribution in [3.63, 3.8) is 0 Å². The zero-order valence-electron chi connectivity index (χ0n) is 8.77. The minimum Gasteiger partial charge on any atom is -0.325 e. The van der Waals surface area contributed by atoms with E-state index < -0.39 is 0 Å². The molecule has 1 aromatic heterocycles. The van der Waals surface area contributed by atoms with Crippen LogP contribution in [0.5, 0.6) is 0 Å². The number of rotatable bonds is 2. The number of hydrogen-bond donors (Lipinski definition) is 1. The van der Waals surface area contributed by atoms with E-state index in [9.17, 15) is 4.79 Å². The van der Waals surface area contributed by atoms with Gasteiger partial charge in [0.15, 0.2) is 0 Å². The normalized spacial score (nSPS) is 9.88. The van der Waals surface area contributed by atoms with E-state index in [0.29, 0.717) is 10.7 Å². The number of halogens is 1. The smallest absolute Gasteiger partial charge is 0.238 e. The lowest BCUT2D eigenvalue weighted by atomic mass is 10.2. The molecule has 0 saturated carbocycles. The summed E-state index contributed by atoms with van der Waals surface area (Å²) in [6, 6.07) is 8.88. The van der Waals surface area contributed by atoms with Gasteiger partial charge in [0.1, 0.15) is 6.42 Å². The van der Waals surface area contributed by atoms with Crippen LogP contribution in [0.15, 0.2) is 30.5 Å². The molecule has 0 aliphatic heterocycles. The van der Waals surface area contributed by atoms with Crippen LogP contribution in [0.3, 0.4) is 0 Å². The number of fused-ring (bicyclic) bond motifs is 1. The van der Waals surface area contributed by atoms with Gasteiger partial charge in [0, 0.05) is 11.6 Å². The largest absolute Gasteiger partial charge is 0.325 e. The van der Waals surface area contributed by atoms with Gasteiger partial charge in [0.05, 0.1) is 22.3 Å². The number of aromatic nitrogens is 1. The number of benzene rings is 1. The molecule has 1 heterocycles. The fourth-order valence-corrected chi connectivity index (χ4v) is 1.66. The predicted molar refractivity (Wildman–Crippen MR) is 65.6 cm³/mol. The van der Waals surface area contributed by atoms with Crippen molar-refractivity contribution in [1.82, 2.24) is 4.98 Å². The molecule has 0 saturated heterocycles. The number of carbonyl (C=O) groups excluding carboxylic acids is 1. The Morgan fingerprint density at radius 1 is 1.53 bits per heavy atom. The highest BCUT2D eigenvalue weighted by Crippen LogP contribution is 2.24. The second kappa shape index (κ2) is 4.81. The quantitative estimate of drug-likeness (QED) is 0.885. The molecule has 0 unspecified atom stereocenters. The highest BCUT2D eigenvalue weighted by Gasteiger charge is 2.06. The predicted octanol–water partition coefficient (Wildman–Crippen LogP) is 2.74. The van der Waals surface area contributed by atoms with Crippen LogP contribution in [0.4, 0.5) is 5.69 Å². The van der Waals surface area contributed by atoms with Gasteiger partial charge >= 0.3 is 0 Å². The van der Waals surface area contributed by atoms with Gasteiger partial charge in [-0.2, -0.15) is 5.26 Å². The molecule has 2 aromatic rings. The SMILES string of the molecule is N#CCC(=O)Nc1cccc2ncc(Cl)cc12. The van der Waals surface area contributed by atoms with Crippen LogP contribution in [0.25, 0.3) is 10.9 Å². The van der Waals surface area contributed by atoms with Crippen molar-refractivity contribution in [2.45, 2.75) is 6.42 Å². The Balaban J connectivity index is 2.43. The maximum atomic E-state index is 11.4. The lowest BCUT2D eigenvalue weighted by Crippen LogP contribution is -2.10. The molecule has 1 N–H and O–H groups in total. The highest BCUT2D eigenvalue weighted by atomic mass is 35.5. The molecule has 0 radical (unpaired) electrons. The van der Waals surface area contributed by atoms with Crippen molar-refractivity contribution in [3.05, 3.63) is 35.5 Å². The maximum Gasteiger partial charge on any atom is 0.238 e. The second-order valence-corrected chi connectivity index (χ2v) is 3.85. The summed E-state index contributed by atoms with van der Waals surface area (Å²) >= 11 is 5.86. The first-order chi connectivity index (χ1) is 8.20. The summed E-state index contributed by atoms with van der Waals surface area (Å²) in [5, 5.41) is 12.3. The fourth-order valence-electron chi connectivity index (χ4n) is 1.50. The van der Waals surface area contributed by atoms with Gasteiger partial charge in [0.2, 0.25) is 5.91 Å². The van der Waals surface area contributed by atoms with E-state index in [0.717, 1.165) is 10.9 Å². The van der Waals surface area contributed by atoms with Gasteiger partial charge < -0.3 is 5.32 Å². The molecule has 1 aromatic carbocycles. The molecule has 0 fully saturated rings. The second-order valence-electron chi connectivity index (χ2n) is 3.41. The summed E-state index contributed by atoms with van der Waals surface area (Å²) in [6.07, 6.45) is 1.37. The average Bonchev–Trinajstić information content (AvgIpc) is 2.30. The summed E-state index contributed by atoms with van der Waals surface area (Å²) in [6.45, 7) is 0. The van der Waals surface area contributed by atoms with Crippen LogP contribution in [-0.4, -0.2) is 10.9 Å². The molecular weight excluding hydrogens is 238 g/mol. The van der Waals surface area contributed by atoms with E-state index in [1.54, 1.807) is 30.5 Å². The van der Waals surface area contributed by atoms with E-state index in [1.807, 2.05) is 6.07 Å². The number of nitrogens with one attached hydrogen (secondary N) is 1. The Labute approximate surface area is 103 Å². The van der Waals surface area contributed by atoms with E-state index in [-0.39, 0.29) is 12.3 Å². The number of carbonyl (C=O) groups is 1. The number of amides is 1. The van der Waals surface area contributed by atoms with Crippen molar-refractivity contribution >= 4 is 34.1 Å². The lowest BCUT2D eigenvalue weighted by Gasteiger charge is -2.06. The molecule has 0 bridgehead atoms. The summed E-state index contributed by atoms with van der Waals surface area (Å²) in [4.78, 5) is 15.5. The van der Waals surface area contributed by atoms with Crippen LogP contribution < -0.4 is 5.32 Å². The standard InChI is InChI=1S/C12H8ClN3O/c13-8-6-9-10(15-7-8)2-1-3-11(9)16-12(17)4-5-14/h1-3,6-7H,4H2,(H,16,17). The first kappa shape index (κ1) is 11.4. The third-order valence-corrected chi connectivity index (χ3v) is 2.41. The monoisotopic (exact) mass is 245 g/mol. The number of anilines is 1. The Morgan fingerprint density at radius 3 is 3.12 bits per heavy atom. The summed E-state index contributed by atoms with van der Waals surface area (Å²) in [7, 11) is 0. The van der Waals surface area contributed by atoms with Crippen LogP contribution in [0.1, 0.15) is 6.42 Å². The minimum absolute atomic E-state index is 0.176. The van der Waals surface area contributed by atoms with E-state index >= 15 is 0 Å². The third kappa shape index (κ3) is 2.52. The third-order valence-electron chi connectivity index (χ3n) is 2.21. The van der Waals surface area contributed by atoms with Crippen molar-refractivity contribution in [2.75, 3.05) is 5.32 Å². The molecule has 2 rings (SSSR count). The molecule has 84 valence electrons. The first-order valence-electron chi connectivity index (χ1n) is 4.92. The number of nitriles is 1. The summed E-state index contributed by atoms with van der Waals surface area (Å²) in [5.41, 5.74) is 1.35. The Bertz CT molecular complexity index is 619. The molecule has 0 spiro atoms. The Morgan fingerprint density at radius 2 is 2.35 bits per heavy atom. The highest BCUT2D eigenvalue weighted by molar-refractivity contribution is 6.31. The number of nitrogens with zero attached hydrogens (tertiary/aromatic N) is 2. The fraction of sp³-hybridized carbons (Fsp3) is 0.0833. The van der Waals surface area contributed by atoms with E-state index in [1.165, 1.54) is 0 Å². The first-order valence-corrected chi connectivity index (χ1v) is 5.29. The number of hydrogen-bond acceptors (Lipinski definition) is 3. The van der Waals surface area contributed by atoms with Gasteiger partial charge in [-0.25, -0.2) is 0 Å². The maximum absolute atomic E-state index is 11.4. The van der Waals surface area contributed by atoms with Crippen LogP contribution >= 0.6 is 11.6 Å². The molecule has 0 atom stereocenters. The minimum atomic E-state index is -0.347. The molecule has 5 heteroatoms. The van der Waals surface area contributed by atoms with Crippen LogP contribution in [0.2, 0.25) is 5.02 Å². The summed E-state index contributed by atoms with van der Waals surface area (Å²) in [5.74, 6) is -0.347. The lowest BCUT2D eigenvalue weighted by molar-refractivity contribution is -0.115. The molecule has 17 heavy (non-hydrogen) atoms. The van der Waals surface area contributed by atoms with Crippen molar-refractivity contribution in [2.24, 2.45) is 0 Å².